The minimum atomic E-state index is -4.33. The van der Waals surface area contributed by atoms with E-state index in [0.717, 1.165) is 12.3 Å². The van der Waals surface area contributed by atoms with Gasteiger partial charge in [0.2, 0.25) is 5.91 Å². The van der Waals surface area contributed by atoms with Crippen LogP contribution in [-0.4, -0.2) is 54.3 Å². The monoisotopic (exact) mass is 343 g/mol. The molecule has 1 aromatic carbocycles. The van der Waals surface area contributed by atoms with E-state index in [1.165, 1.54) is 12.1 Å². The van der Waals surface area contributed by atoms with Crippen LogP contribution in [0.5, 0.6) is 11.5 Å². The van der Waals surface area contributed by atoms with Crippen molar-refractivity contribution in [3.8, 4) is 11.5 Å². The van der Waals surface area contributed by atoms with Crippen LogP contribution in [-0.2, 0) is 15.0 Å². The van der Waals surface area contributed by atoms with Gasteiger partial charge in [0.05, 0.1) is 12.8 Å². The number of aromatic hydroxyl groups is 2. The van der Waals surface area contributed by atoms with Gasteiger partial charge >= 0.3 is 16.2 Å². The topological polar surface area (TPSA) is 174 Å². The van der Waals surface area contributed by atoms with Crippen LogP contribution < -0.4 is 15.3 Å². The highest BCUT2D eigenvalue weighted by Gasteiger charge is 2.39. The SMILES string of the molecule is N[C@H]1CN(C(=O)NS(=O)(=O)N/N=C/c2ccc(O)c(O)c2)C1=O. The molecular formula is C11H13N5O6S. The molecule has 0 radical (unpaired) electrons. The number of likely N-dealkylation sites (tertiary alicyclic amines) is 1. The Morgan fingerprint density at radius 1 is 1.39 bits per heavy atom. The highest BCUT2D eigenvalue weighted by atomic mass is 32.2. The van der Waals surface area contributed by atoms with Gasteiger partial charge in [0.1, 0.15) is 6.04 Å². The largest absolute Gasteiger partial charge is 0.504 e. The maximum absolute atomic E-state index is 11.6. The molecule has 124 valence electrons. The Balaban J connectivity index is 1.93. The van der Waals surface area contributed by atoms with E-state index in [1.807, 2.05) is 0 Å². The molecule has 1 fully saturated rings. The molecule has 12 heteroatoms. The summed E-state index contributed by atoms with van der Waals surface area (Å²) in [6.45, 7) is -0.0732. The lowest BCUT2D eigenvalue weighted by atomic mass is 10.1. The number of phenolic OH excluding ortho intramolecular Hbond substituents is 2. The van der Waals surface area contributed by atoms with Gasteiger partial charge in [0.15, 0.2) is 11.5 Å². The zero-order valence-corrected chi connectivity index (χ0v) is 12.3. The van der Waals surface area contributed by atoms with Crippen molar-refractivity contribution in [2.45, 2.75) is 6.04 Å². The van der Waals surface area contributed by atoms with Crippen molar-refractivity contribution in [1.82, 2.24) is 14.5 Å². The van der Waals surface area contributed by atoms with Crippen molar-refractivity contribution in [3.63, 3.8) is 0 Å². The van der Waals surface area contributed by atoms with Gasteiger partial charge in [-0.15, -0.1) is 0 Å². The number of rotatable bonds is 4. The highest BCUT2D eigenvalue weighted by molar-refractivity contribution is 7.88. The summed E-state index contributed by atoms with van der Waals surface area (Å²) in [6, 6.07) is 1.75. The first-order valence-corrected chi connectivity index (χ1v) is 7.63. The van der Waals surface area contributed by atoms with Crippen LogP contribution in [0, 0.1) is 0 Å². The van der Waals surface area contributed by atoms with E-state index in [4.69, 9.17) is 10.8 Å². The van der Waals surface area contributed by atoms with Crippen molar-refractivity contribution in [1.29, 1.82) is 0 Å². The zero-order chi connectivity index (χ0) is 17.2. The van der Waals surface area contributed by atoms with Crippen molar-refractivity contribution < 1.29 is 28.2 Å². The lowest BCUT2D eigenvalue weighted by molar-refractivity contribution is -0.137. The van der Waals surface area contributed by atoms with Gasteiger partial charge in [-0.2, -0.15) is 18.4 Å². The van der Waals surface area contributed by atoms with Crippen LogP contribution in [0.1, 0.15) is 5.56 Å². The Labute approximate surface area is 130 Å². The second-order valence-electron chi connectivity index (χ2n) is 4.56. The van der Waals surface area contributed by atoms with Crippen molar-refractivity contribution in [3.05, 3.63) is 23.8 Å². The Bertz CT molecular complexity index is 777. The number of hydrogen-bond donors (Lipinski definition) is 5. The average Bonchev–Trinajstić information content (AvgIpc) is 2.47. The second kappa shape index (κ2) is 6.10. The lowest BCUT2D eigenvalue weighted by Gasteiger charge is -2.33. The van der Waals surface area contributed by atoms with Crippen molar-refractivity contribution in [2.24, 2.45) is 10.8 Å². The summed E-state index contributed by atoms with van der Waals surface area (Å²) >= 11 is 0. The van der Waals surface area contributed by atoms with Gasteiger partial charge in [-0.1, -0.05) is 0 Å². The predicted octanol–water partition coefficient (Wildman–Crippen LogP) is -1.85. The molecule has 0 aromatic heterocycles. The number of hydrazone groups is 1. The van der Waals surface area contributed by atoms with Gasteiger partial charge in [0, 0.05) is 0 Å². The fourth-order valence-electron chi connectivity index (χ4n) is 1.62. The molecule has 1 heterocycles. The number of nitrogens with one attached hydrogen (secondary N) is 2. The standard InChI is InChI=1S/C11H13N5O6S/c12-7-5-16(10(7)19)11(20)14-23(21,22)15-13-4-6-1-2-8(17)9(18)3-6/h1-4,7,15,17-18H,5,12H2,(H,14,20)/b13-4+/t7-/m0/s1. The van der Waals surface area contributed by atoms with E-state index in [0.29, 0.717) is 10.5 Å². The number of carbonyl (C=O) groups is 2. The number of nitrogens with two attached hydrogens (primary N) is 1. The van der Waals surface area contributed by atoms with E-state index in [9.17, 15) is 23.1 Å². The smallest absolute Gasteiger partial charge is 0.340 e. The van der Waals surface area contributed by atoms with Crippen LogP contribution in [0.3, 0.4) is 0 Å². The summed E-state index contributed by atoms with van der Waals surface area (Å²) in [7, 11) is -4.33. The molecule has 0 unspecified atom stereocenters. The predicted molar refractivity (Wildman–Crippen MR) is 77.6 cm³/mol. The molecule has 11 nitrogen and oxygen atoms in total. The molecule has 0 saturated carbocycles. The van der Waals surface area contributed by atoms with Gasteiger partial charge in [-0.05, 0) is 23.8 Å². The van der Waals surface area contributed by atoms with Crippen LogP contribution in [0.2, 0.25) is 0 Å². The normalized spacial score (nSPS) is 17.9. The van der Waals surface area contributed by atoms with Crippen molar-refractivity contribution in [2.75, 3.05) is 6.54 Å². The number of β-lactam (4-membered cyclic amide) rings is 1. The van der Waals surface area contributed by atoms with Crippen LogP contribution in [0.25, 0.3) is 0 Å². The molecule has 1 aliphatic heterocycles. The molecule has 1 aliphatic rings. The molecule has 1 aromatic rings. The fourth-order valence-corrected chi connectivity index (χ4v) is 2.20. The first-order chi connectivity index (χ1) is 10.7. The van der Waals surface area contributed by atoms with E-state index in [-0.39, 0.29) is 12.3 Å². The molecule has 0 spiro atoms. The van der Waals surface area contributed by atoms with Gasteiger partial charge in [0.25, 0.3) is 0 Å². The minimum Gasteiger partial charge on any atom is -0.504 e. The fraction of sp³-hybridized carbons (Fsp3) is 0.182. The number of imide groups is 1. The molecule has 1 saturated heterocycles. The Morgan fingerprint density at radius 2 is 2.09 bits per heavy atom. The van der Waals surface area contributed by atoms with Gasteiger partial charge in [-0.3, -0.25) is 9.69 Å². The Morgan fingerprint density at radius 3 is 2.65 bits per heavy atom. The highest BCUT2D eigenvalue weighted by Crippen LogP contribution is 2.23. The van der Waals surface area contributed by atoms with Crippen LogP contribution >= 0.6 is 0 Å². The number of phenols is 2. The number of benzene rings is 1. The Kier molecular flexibility index (Phi) is 4.38. The van der Waals surface area contributed by atoms with Crippen molar-refractivity contribution >= 4 is 28.4 Å². The van der Waals surface area contributed by atoms with E-state index in [1.54, 1.807) is 9.55 Å². The molecule has 2 rings (SSSR count). The van der Waals surface area contributed by atoms with E-state index >= 15 is 0 Å². The third-order valence-electron chi connectivity index (χ3n) is 2.82. The first kappa shape index (κ1) is 16.5. The summed E-state index contributed by atoms with van der Waals surface area (Å²) in [6.07, 6.45) is 1.04. The maximum Gasteiger partial charge on any atom is 0.340 e. The van der Waals surface area contributed by atoms with Crippen LogP contribution in [0.15, 0.2) is 23.3 Å². The zero-order valence-electron chi connectivity index (χ0n) is 11.5. The molecule has 3 amide bonds. The van der Waals surface area contributed by atoms with E-state index < -0.39 is 33.9 Å². The Hall–Kier alpha value is -2.86. The number of amides is 3. The van der Waals surface area contributed by atoms with Crippen LogP contribution in [0.4, 0.5) is 4.79 Å². The summed E-state index contributed by atoms with van der Waals surface area (Å²) < 4.78 is 24.7. The molecule has 0 bridgehead atoms. The van der Waals surface area contributed by atoms with Gasteiger partial charge in [-0.25, -0.2) is 9.52 Å². The maximum atomic E-state index is 11.6. The summed E-state index contributed by atoms with van der Waals surface area (Å²) in [5, 5.41) is 21.8. The lowest BCUT2D eigenvalue weighted by Crippen LogP contribution is -2.65. The number of carbonyl (C=O) groups excluding carboxylic acids is 2. The molecule has 6 N–H and O–H groups in total. The number of urea groups is 1. The summed E-state index contributed by atoms with van der Waals surface area (Å²) in [5.41, 5.74) is 5.57. The third-order valence-corrected chi connectivity index (χ3v) is 3.60. The number of hydrogen-bond acceptors (Lipinski definition) is 8. The molecular weight excluding hydrogens is 330 g/mol. The third kappa shape index (κ3) is 3.87. The first-order valence-electron chi connectivity index (χ1n) is 6.15. The molecule has 1 atom stereocenters. The summed E-state index contributed by atoms with van der Waals surface area (Å²) in [5.74, 6) is -1.43. The molecule has 23 heavy (non-hydrogen) atoms. The second-order valence-corrected chi connectivity index (χ2v) is 5.96. The van der Waals surface area contributed by atoms with E-state index in [2.05, 4.69) is 5.10 Å². The molecule has 0 aliphatic carbocycles. The quantitative estimate of drug-likeness (QED) is 0.184. The number of nitrogens with zero attached hydrogens (tertiary/aromatic N) is 2. The van der Waals surface area contributed by atoms with Gasteiger partial charge < -0.3 is 15.9 Å². The summed E-state index contributed by atoms with van der Waals surface area (Å²) in [4.78, 5) is 25.1. The minimum absolute atomic E-state index is 0.0732. The average molecular weight is 343 g/mol.